The van der Waals surface area contributed by atoms with Gasteiger partial charge in [-0.2, -0.15) is 0 Å². The van der Waals surface area contributed by atoms with E-state index < -0.39 is 0 Å². The third kappa shape index (κ3) is 2.70. The zero-order valence-electron chi connectivity index (χ0n) is 13.0. The van der Waals surface area contributed by atoms with Crippen molar-refractivity contribution in [2.24, 2.45) is 0 Å². The van der Waals surface area contributed by atoms with Crippen molar-refractivity contribution in [3.8, 4) is 0 Å². The standard InChI is InChI=1S/C18H18N4O/c1-12-10-22-11-14(7-9-17(22)19-12)20-18(23)16-8-6-13-4-2-3-5-15(13)21-16/h2-6,8,10,14H,7,9,11H2,1H3,(H,20,23)/t14-/m0/s1. The van der Waals surface area contributed by atoms with Crippen LogP contribution in [0.1, 0.15) is 28.4 Å². The highest BCUT2D eigenvalue weighted by molar-refractivity contribution is 5.95. The van der Waals surface area contributed by atoms with Gasteiger partial charge in [0, 0.05) is 30.6 Å². The number of hydrogen-bond acceptors (Lipinski definition) is 3. The Labute approximate surface area is 134 Å². The van der Waals surface area contributed by atoms with Crippen LogP contribution in [-0.2, 0) is 13.0 Å². The molecular formula is C18H18N4O. The highest BCUT2D eigenvalue weighted by atomic mass is 16.1. The molecule has 1 N–H and O–H groups in total. The molecule has 116 valence electrons. The van der Waals surface area contributed by atoms with E-state index in [0.29, 0.717) is 5.69 Å². The zero-order chi connectivity index (χ0) is 15.8. The SMILES string of the molecule is Cc1cn2c(n1)CC[C@H](NC(=O)c1ccc3ccccc3n1)C2. The van der Waals surface area contributed by atoms with Crippen LogP contribution in [0.5, 0.6) is 0 Å². The highest BCUT2D eigenvalue weighted by Crippen LogP contribution is 2.16. The van der Waals surface area contributed by atoms with Crippen LogP contribution in [0.4, 0.5) is 0 Å². The van der Waals surface area contributed by atoms with Crippen LogP contribution in [0.2, 0.25) is 0 Å². The average molecular weight is 306 g/mol. The summed E-state index contributed by atoms with van der Waals surface area (Å²) in [7, 11) is 0. The van der Waals surface area contributed by atoms with Crippen molar-refractivity contribution in [3.63, 3.8) is 0 Å². The van der Waals surface area contributed by atoms with Crippen LogP contribution >= 0.6 is 0 Å². The highest BCUT2D eigenvalue weighted by Gasteiger charge is 2.22. The Morgan fingerprint density at radius 1 is 1.22 bits per heavy atom. The number of fused-ring (bicyclic) bond motifs is 2. The quantitative estimate of drug-likeness (QED) is 0.791. The predicted molar refractivity (Wildman–Crippen MR) is 88.3 cm³/mol. The topological polar surface area (TPSA) is 59.8 Å². The Morgan fingerprint density at radius 2 is 2.09 bits per heavy atom. The second kappa shape index (κ2) is 5.50. The molecule has 0 bridgehead atoms. The summed E-state index contributed by atoms with van der Waals surface area (Å²) >= 11 is 0. The van der Waals surface area contributed by atoms with Gasteiger partial charge in [0.05, 0.1) is 11.2 Å². The Kier molecular flexibility index (Phi) is 3.33. The third-order valence-electron chi connectivity index (χ3n) is 4.28. The maximum atomic E-state index is 12.5. The molecule has 5 heteroatoms. The van der Waals surface area contributed by atoms with E-state index in [4.69, 9.17) is 0 Å². The van der Waals surface area contributed by atoms with Gasteiger partial charge in [-0.05, 0) is 25.5 Å². The summed E-state index contributed by atoms with van der Waals surface area (Å²) in [6.45, 7) is 2.77. The number of para-hydroxylation sites is 1. The number of carbonyl (C=O) groups excluding carboxylic acids is 1. The second-order valence-electron chi connectivity index (χ2n) is 6.05. The number of rotatable bonds is 2. The largest absolute Gasteiger partial charge is 0.346 e. The lowest BCUT2D eigenvalue weighted by Gasteiger charge is -2.24. The fourth-order valence-corrected chi connectivity index (χ4v) is 3.16. The fraction of sp³-hybridized carbons (Fsp3) is 0.278. The summed E-state index contributed by atoms with van der Waals surface area (Å²) in [5.41, 5.74) is 2.34. The van der Waals surface area contributed by atoms with E-state index in [1.54, 1.807) is 6.07 Å². The lowest BCUT2D eigenvalue weighted by atomic mass is 10.1. The first-order chi connectivity index (χ1) is 11.2. The van der Waals surface area contributed by atoms with Gasteiger partial charge in [0.2, 0.25) is 0 Å². The van der Waals surface area contributed by atoms with Gasteiger partial charge in [-0.15, -0.1) is 0 Å². The number of hydrogen-bond donors (Lipinski definition) is 1. The van der Waals surface area contributed by atoms with Gasteiger partial charge in [0.25, 0.3) is 5.91 Å². The molecule has 1 amide bonds. The van der Waals surface area contributed by atoms with E-state index in [1.165, 1.54) is 0 Å². The van der Waals surface area contributed by atoms with Crippen molar-refractivity contribution in [3.05, 3.63) is 59.8 Å². The van der Waals surface area contributed by atoms with Crippen LogP contribution in [-0.4, -0.2) is 26.5 Å². The summed E-state index contributed by atoms with van der Waals surface area (Å²) in [4.78, 5) is 21.4. The minimum Gasteiger partial charge on any atom is -0.346 e. The van der Waals surface area contributed by atoms with E-state index in [9.17, 15) is 4.79 Å². The van der Waals surface area contributed by atoms with Crippen molar-refractivity contribution < 1.29 is 4.79 Å². The van der Waals surface area contributed by atoms with Crippen LogP contribution in [0.15, 0.2) is 42.6 Å². The van der Waals surface area contributed by atoms with Gasteiger partial charge in [0.1, 0.15) is 11.5 Å². The molecule has 0 radical (unpaired) electrons. The summed E-state index contributed by atoms with van der Waals surface area (Å²) < 4.78 is 2.14. The first kappa shape index (κ1) is 13.9. The molecule has 23 heavy (non-hydrogen) atoms. The molecule has 0 saturated heterocycles. The smallest absolute Gasteiger partial charge is 0.270 e. The number of aryl methyl sites for hydroxylation is 2. The number of aromatic nitrogens is 3. The van der Waals surface area contributed by atoms with Crippen LogP contribution < -0.4 is 5.32 Å². The molecule has 1 aliphatic heterocycles. The molecule has 5 nitrogen and oxygen atoms in total. The van der Waals surface area contributed by atoms with Gasteiger partial charge in [-0.1, -0.05) is 24.3 Å². The molecule has 0 fully saturated rings. The number of nitrogens with one attached hydrogen (secondary N) is 1. The minimum absolute atomic E-state index is 0.110. The van der Waals surface area contributed by atoms with Crippen molar-refractivity contribution in [2.45, 2.75) is 32.4 Å². The summed E-state index contributed by atoms with van der Waals surface area (Å²) in [6, 6.07) is 11.7. The van der Waals surface area contributed by atoms with Crippen LogP contribution in [0.25, 0.3) is 10.9 Å². The molecule has 0 saturated carbocycles. The van der Waals surface area contributed by atoms with E-state index in [-0.39, 0.29) is 11.9 Å². The molecule has 1 aliphatic rings. The van der Waals surface area contributed by atoms with E-state index in [2.05, 4.69) is 19.9 Å². The molecule has 3 heterocycles. The maximum absolute atomic E-state index is 12.5. The van der Waals surface area contributed by atoms with Crippen molar-refractivity contribution in [1.82, 2.24) is 19.9 Å². The number of pyridine rings is 1. The lowest BCUT2D eigenvalue weighted by Crippen LogP contribution is -2.41. The Morgan fingerprint density at radius 3 is 3.00 bits per heavy atom. The van der Waals surface area contributed by atoms with Gasteiger partial charge >= 0.3 is 0 Å². The summed E-state index contributed by atoms with van der Waals surface area (Å²) in [6.07, 6.45) is 3.85. The number of imidazole rings is 1. The maximum Gasteiger partial charge on any atom is 0.270 e. The summed E-state index contributed by atoms with van der Waals surface area (Å²) in [5, 5.41) is 4.14. The summed E-state index contributed by atoms with van der Waals surface area (Å²) in [5.74, 6) is 0.998. The van der Waals surface area contributed by atoms with Gasteiger partial charge < -0.3 is 9.88 Å². The first-order valence-corrected chi connectivity index (χ1v) is 7.88. The number of amides is 1. The first-order valence-electron chi connectivity index (χ1n) is 7.88. The number of carbonyl (C=O) groups is 1. The number of nitrogens with zero attached hydrogens (tertiary/aromatic N) is 3. The van der Waals surface area contributed by atoms with Crippen LogP contribution in [0.3, 0.4) is 0 Å². The van der Waals surface area contributed by atoms with Crippen molar-refractivity contribution >= 4 is 16.8 Å². The molecule has 4 rings (SSSR count). The molecule has 0 spiro atoms. The van der Waals surface area contributed by atoms with Gasteiger partial charge in [-0.25, -0.2) is 9.97 Å². The number of benzene rings is 1. The van der Waals surface area contributed by atoms with E-state index in [0.717, 1.165) is 41.8 Å². The molecule has 0 unspecified atom stereocenters. The molecule has 0 aliphatic carbocycles. The van der Waals surface area contributed by atoms with Crippen molar-refractivity contribution in [1.29, 1.82) is 0 Å². The Balaban J connectivity index is 1.51. The minimum atomic E-state index is -0.110. The Bertz CT molecular complexity index is 884. The zero-order valence-corrected chi connectivity index (χ0v) is 13.0. The second-order valence-corrected chi connectivity index (χ2v) is 6.05. The lowest BCUT2D eigenvalue weighted by molar-refractivity contribution is 0.0923. The van der Waals surface area contributed by atoms with Crippen molar-refractivity contribution in [2.75, 3.05) is 0 Å². The average Bonchev–Trinajstić information content (AvgIpc) is 2.93. The molecule has 1 atom stereocenters. The monoisotopic (exact) mass is 306 g/mol. The fourth-order valence-electron chi connectivity index (χ4n) is 3.16. The molecular weight excluding hydrogens is 288 g/mol. The predicted octanol–water partition coefficient (Wildman–Crippen LogP) is 2.48. The van der Waals surface area contributed by atoms with E-state index in [1.807, 2.05) is 43.5 Å². The third-order valence-corrected chi connectivity index (χ3v) is 4.28. The van der Waals surface area contributed by atoms with Crippen LogP contribution in [0, 0.1) is 6.92 Å². The molecule has 3 aromatic rings. The van der Waals surface area contributed by atoms with Gasteiger partial charge in [-0.3, -0.25) is 4.79 Å². The van der Waals surface area contributed by atoms with Gasteiger partial charge in [0.15, 0.2) is 0 Å². The van der Waals surface area contributed by atoms with E-state index >= 15 is 0 Å². The Hall–Kier alpha value is -2.69. The molecule has 1 aromatic carbocycles. The normalized spacial score (nSPS) is 17.0. The molecule has 2 aromatic heterocycles.